The van der Waals surface area contributed by atoms with Gasteiger partial charge in [0.2, 0.25) is 10.0 Å². The number of furan rings is 1. The molecule has 0 amide bonds. The maximum Gasteiger partial charge on any atom is 0.247 e. The van der Waals surface area contributed by atoms with Gasteiger partial charge < -0.3 is 10.2 Å². The Labute approximate surface area is 127 Å². The van der Waals surface area contributed by atoms with E-state index in [1.807, 2.05) is 0 Å². The second-order valence-corrected chi connectivity index (χ2v) is 8.08. The fraction of sp³-hybridized carbons (Fsp3) is 0.733. The predicted octanol–water partition coefficient (Wildman–Crippen LogP) is 2.55. The molecule has 1 fully saturated rings. The van der Waals surface area contributed by atoms with Gasteiger partial charge in [0.15, 0.2) is 0 Å². The molecule has 120 valence electrons. The van der Waals surface area contributed by atoms with Gasteiger partial charge >= 0.3 is 0 Å². The van der Waals surface area contributed by atoms with Crippen molar-refractivity contribution in [1.29, 1.82) is 0 Å². The van der Waals surface area contributed by atoms with Crippen LogP contribution in [0.3, 0.4) is 0 Å². The third-order valence-corrected chi connectivity index (χ3v) is 6.12. The summed E-state index contributed by atoms with van der Waals surface area (Å²) in [6, 6.07) is 0.147. The average molecular weight is 314 g/mol. The number of sulfonamides is 1. The molecule has 0 unspecified atom stereocenters. The minimum atomic E-state index is -3.53. The molecule has 1 aromatic heterocycles. The zero-order chi connectivity index (χ0) is 15.8. The van der Waals surface area contributed by atoms with Gasteiger partial charge in [-0.3, -0.25) is 0 Å². The Morgan fingerprint density at radius 1 is 1.29 bits per heavy atom. The van der Waals surface area contributed by atoms with E-state index < -0.39 is 10.0 Å². The van der Waals surface area contributed by atoms with Crippen molar-refractivity contribution in [1.82, 2.24) is 4.31 Å². The van der Waals surface area contributed by atoms with Crippen molar-refractivity contribution in [2.24, 2.45) is 11.7 Å². The smallest absolute Gasteiger partial charge is 0.247 e. The van der Waals surface area contributed by atoms with Crippen molar-refractivity contribution in [3.63, 3.8) is 0 Å². The molecule has 0 aromatic carbocycles. The van der Waals surface area contributed by atoms with E-state index in [0.717, 1.165) is 19.3 Å². The Morgan fingerprint density at radius 2 is 1.90 bits per heavy atom. The molecule has 0 aliphatic heterocycles. The number of rotatable bonds is 7. The first kappa shape index (κ1) is 16.5. The molecule has 1 aliphatic carbocycles. The number of nitrogens with zero attached hydrogens (tertiary/aromatic N) is 1. The van der Waals surface area contributed by atoms with Gasteiger partial charge in [-0.05, 0) is 39.0 Å². The van der Waals surface area contributed by atoms with E-state index in [9.17, 15) is 8.42 Å². The van der Waals surface area contributed by atoms with Gasteiger partial charge in [0.05, 0.1) is 0 Å². The van der Waals surface area contributed by atoms with E-state index in [0.29, 0.717) is 29.5 Å². The first-order valence-corrected chi connectivity index (χ1v) is 9.03. The van der Waals surface area contributed by atoms with Gasteiger partial charge in [0.1, 0.15) is 16.4 Å². The van der Waals surface area contributed by atoms with Crippen LogP contribution in [0.1, 0.15) is 50.2 Å². The summed E-state index contributed by atoms with van der Waals surface area (Å²) < 4.78 is 33.3. The minimum Gasteiger partial charge on any atom is -0.465 e. The fourth-order valence-electron chi connectivity index (χ4n) is 2.65. The van der Waals surface area contributed by atoms with E-state index in [1.54, 1.807) is 18.2 Å². The maximum absolute atomic E-state index is 13.1. The molecule has 5 nitrogen and oxygen atoms in total. The monoisotopic (exact) mass is 314 g/mol. The zero-order valence-corrected chi connectivity index (χ0v) is 14.2. The summed E-state index contributed by atoms with van der Waals surface area (Å²) in [5.74, 6) is 1.53. The highest BCUT2D eigenvalue weighted by Gasteiger charge is 2.40. The second kappa shape index (κ2) is 6.10. The molecule has 1 saturated carbocycles. The molecule has 0 saturated heterocycles. The molecule has 0 spiro atoms. The molecule has 2 N–H and O–H groups in total. The molecular formula is C15H26N2O3S. The topological polar surface area (TPSA) is 76.5 Å². The SMILES string of the molecule is Cc1oc(C)c(S(=O)(=O)N(CCC(C)C)C2CC2)c1CN. The first-order chi connectivity index (χ1) is 9.78. The van der Waals surface area contributed by atoms with E-state index in [1.165, 1.54) is 0 Å². The lowest BCUT2D eigenvalue weighted by Gasteiger charge is -2.23. The number of aryl methyl sites for hydroxylation is 2. The van der Waals surface area contributed by atoms with Crippen molar-refractivity contribution in [3.8, 4) is 0 Å². The second-order valence-electron chi connectivity index (χ2n) is 6.26. The maximum atomic E-state index is 13.1. The zero-order valence-electron chi connectivity index (χ0n) is 13.3. The van der Waals surface area contributed by atoms with E-state index in [-0.39, 0.29) is 17.5 Å². The Bertz CT molecular complexity index is 601. The molecular weight excluding hydrogens is 288 g/mol. The van der Waals surface area contributed by atoms with Crippen LogP contribution in [0.15, 0.2) is 9.31 Å². The molecule has 1 heterocycles. The summed E-state index contributed by atoms with van der Waals surface area (Å²) in [5, 5.41) is 0. The predicted molar refractivity (Wildman–Crippen MR) is 82.4 cm³/mol. The van der Waals surface area contributed by atoms with Gasteiger partial charge in [0, 0.05) is 24.7 Å². The minimum absolute atomic E-state index is 0.147. The Hall–Kier alpha value is -0.850. The Kier molecular flexibility index (Phi) is 4.80. The largest absolute Gasteiger partial charge is 0.465 e. The highest BCUT2D eigenvalue weighted by Crippen LogP contribution is 2.36. The summed E-state index contributed by atoms with van der Waals surface area (Å²) in [4.78, 5) is 0.290. The van der Waals surface area contributed by atoms with Gasteiger partial charge in [0.25, 0.3) is 0 Å². The van der Waals surface area contributed by atoms with Gasteiger partial charge in [-0.1, -0.05) is 13.8 Å². The third-order valence-electron chi connectivity index (χ3n) is 3.98. The lowest BCUT2D eigenvalue weighted by atomic mass is 10.1. The molecule has 6 heteroatoms. The summed E-state index contributed by atoms with van der Waals surface area (Å²) >= 11 is 0. The van der Waals surface area contributed by atoms with Gasteiger partial charge in [-0.15, -0.1) is 0 Å². The van der Waals surface area contributed by atoms with Gasteiger partial charge in [-0.2, -0.15) is 4.31 Å². The van der Waals surface area contributed by atoms with Gasteiger partial charge in [-0.25, -0.2) is 8.42 Å². The molecule has 0 radical (unpaired) electrons. The van der Waals surface area contributed by atoms with Crippen LogP contribution < -0.4 is 5.73 Å². The molecule has 1 aliphatic rings. The molecule has 21 heavy (non-hydrogen) atoms. The fourth-order valence-corrected chi connectivity index (χ4v) is 4.77. The van der Waals surface area contributed by atoms with Crippen LogP contribution in [0.2, 0.25) is 0 Å². The Morgan fingerprint density at radius 3 is 2.38 bits per heavy atom. The van der Waals surface area contributed by atoms with Crippen molar-refractivity contribution >= 4 is 10.0 Å². The van der Waals surface area contributed by atoms with Crippen molar-refractivity contribution in [3.05, 3.63) is 17.1 Å². The number of hydrogen-bond acceptors (Lipinski definition) is 4. The lowest BCUT2D eigenvalue weighted by Crippen LogP contribution is -2.35. The van der Waals surface area contributed by atoms with Crippen LogP contribution >= 0.6 is 0 Å². The van der Waals surface area contributed by atoms with Crippen molar-refractivity contribution < 1.29 is 12.8 Å². The van der Waals surface area contributed by atoms with Crippen LogP contribution in [0.5, 0.6) is 0 Å². The van der Waals surface area contributed by atoms with E-state index in [2.05, 4.69) is 13.8 Å². The van der Waals surface area contributed by atoms with Crippen LogP contribution in [-0.2, 0) is 16.6 Å². The molecule has 2 rings (SSSR count). The quantitative estimate of drug-likeness (QED) is 0.839. The summed E-state index contributed by atoms with van der Waals surface area (Å²) in [7, 11) is -3.53. The van der Waals surface area contributed by atoms with Crippen LogP contribution in [0, 0.1) is 19.8 Å². The van der Waals surface area contributed by atoms with Crippen LogP contribution in [0.4, 0.5) is 0 Å². The number of hydrogen-bond donors (Lipinski definition) is 1. The summed E-state index contributed by atoms with van der Waals surface area (Å²) in [5.41, 5.74) is 6.35. The Balaban J connectivity index is 2.39. The van der Waals surface area contributed by atoms with Crippen LogP contribution in [-0.4, -0.2) is 25.3 Å². The van der Waals surface area contributed by atoms with E-state index >= 15 is 0 Å². The normalized spacial score (nSPS) is 16.1. The molecule has 0 atom stereocenters. The van der Waals surface area contributed by atoms with Crippen LogP contribution in [0.25, 0.3) is 0 Å². The highest BCUT2D eigenvalue weighted by atomic mass is 32.2. The third kappa shape index (κ3) is 3.33. The molecule has 1 aromatic rings. The molecule has 0 bridgehead atoms. The standard InChI is InChI=1S/C15H26N2O3S/c1-10(2)7-8-17(13-5-6-13)21(18,19)15-12(4)20-11(3)14(15)9-16/h10,13H,5-9,16H2,1-4H3. The first-order valence-electron chi connectivity index (χ1n) is 7.59. The van der Waals surface area contributed by atoms with Crippen molar-refractivity contribution in [2.75, 3.05) is 6.54 Å². The number of nitrogens with two attached hydrogens (primary N) is 1. The lowest BCUT2D eigenvalue weighted by molar-refractivity contribution is 0.372. The summed E-state index contributed by atoms with van der Waals surface area (Å²) in [6.45, 7) is 8.43. The summed E-state index contributed by atoms with van der Waals surface area (Å²) in [6.07, 6.45) is 2.76. The average Bonchev–Trinajstić information content (AvgIpc) is 3.14. The van der Waals surface area contributed by atoms with E-state index in [4.69, 9.17) is 10.2 Å². The van der Waals surface area contributed by atoms with Crippen molar-refractivity contribution in [2.45, 2.75) is 64.4 Å². The highest BCUT2D eigenvalue weighted by molar-refractivity contribution is 7.89.